The van der Waals surface area contributed by atoms with E-state index < -0.39 is 0 Å². The van der Waals surface area contributed by atoms with Crippen molar-refractivity contribution < 1.29 is 14.2 Å². The average molecular weight is 468 g/mol. The van der Waals surface area contributed by atoms with Crippen LogP contribution in [0.3, 0.4) is 0 Å². The van der Waals surface area contributed by atoms with Gasteiger partial charge in [-0.25, -0.2) is 0 Å². The van der Waals surface area contributed by atoms with Crippen LogP contribution in [0, 0.1) is 0 Å². The minimum atomic E-state index is -0.142. The molecule has 1 aliphatic rings. The first kappa shape index (κ1) is 23.1. The topological polar surface area (TPSA) is 75.8 Å². The van der Waals surface area contributed by atoms with Gasteiger partial charge in [0.1, 0.15) is 11.5 Å². The van der Waals surface area contributed by atoms with Crippen LogP contribution in [0.4, 0.5) is 5.69 Å². The van der Waals surface area contributed by atoms with E-state index in [0.29, 0.717) is 36.1 Å². The second-order valence-corrected chi connectivity index (χ2v) is 8.37. The molecular weight excluding hydrogens is 438 g/mol. The molecule has 1 aliphatic heterocycles. The molecule has 0 radical (unpaired) electrons. The molecule has 0 bridgehead atoms. The van der Waals surface area contributed by atoms with Crippen molar-refractivity contribution in [2.45, 2.75) is 32.4 Å². The van der Waals surface area contributed by atoms with Gasteiger partial charge in [0.15, 0.2) is 5.11 Å². The molecule has 0 saturated carbocycles. The van der Waals surface area contributed by atoms with Crippen LogP contribution in [0.25, 0.3) is 10.9 Å². The van der Waals surface area contributed by atoms with Crippen LogP contribution in [-0.2, 0) is 11.3 Å². The normalized spacial score (nSPS) is 15.4. The molecule has 3 aromatic rings. The summed E-state index contributed by atoms with van der Waals surface area (Å²) in [5.74, 6) is 1.51. The van der Waals surface area contributed by atoms with Gasteiger partial charge in [0.2, 0.25) is 0 Å². The third-order valence-corrected chi connectivity index (χ3v) is 6.00. The first-order valence-corrected chi connectivity index (χ1v) is 11.6. The molecule has 1 saturated heterocycles. The number of nitrogens with one attached hydrogen (secondary N) is 2. The zero-order valence-corrected chi connectivity index (χ0v) is 19.7. The number of methoxy groups -OCH3 is 1. The zero-order chi connectivity index (χ0) is 23.2. The third-order valence-electron chi connectivity index (χ3n) is 5.64. The van der Waals surface area contributed by atoms with Gasteiger partial charge in [0.05, 0.1) is 31.9 Å². The summed E-state index contributed by atoms with van der Waals surface area (Å²) >= 11 is 5.75. The van der Waals surface area contributed by atoms with E-state index in [-0.39, 0.29) is 11.7 Å². The second kappa shape index (κ2) is 10.7. The fraction of sp³-hybridized carbons (Fsp3) is 0.360. The van der Waals surface area contributed by atoms with Gasteiger partial charge in [-0.3, -0.25) is 4.79 Å². The molecule has 2 heterocycles. The molecule has 174 valence electrons. The molecule has 1 fully saturated rings. The van der Waals surface area contributed by atoms with Crippen molar-refractivity contribution in [3.63, 3.8) is 0 Å². The fourth-order valence-electron chi connectivity index (χ4n) is 3.93. The summed E-state index contributed by atoms with van der Waals surface area (Å²) in [7, 11) is 1.61. The highest BCUT2D eigenvalue weighted by Crippen LogP contribution is 2.21. The largest absolute Gasteiger partial charge is 0.497 e. The Morgan fingerprint density at radius 2 is 2.00 bits per heavy atom. The van der Waals surface area contributed by atoms with Gasteiger partial charge < -0.3 is 29.4 Å². The van der Waals surface area contributed by atoms with Crippen LogP contribution in [0.15, 0.2) is 53.3 Å². The van der Waals surface area contributed by atoms with Crippen LogP contribution in [-0.4, -0.2) is 48.0 Å². The number of aromatic amines is 1. The number of hydrogen-bond acceptors (Lipinski definition) is 5. The molecule has 4 rings (SSSR count). The Hall–Kier alpha value is -3.10. The number of benzene rings is 2. The van der Waals surface area contributed by atoms with Crippen LogP contribution < -0.4 is 20.3 Å². The Balaban J connectivity index is 1.55. The van der Waals surface area contributed by atoms with Crippen molar-refractivity contribution in [2.24, 2.45) is 0 Å². The molecule has 8 heteroatoms. The highest BCUT2D eigenvalue weighted by molar-refractivity contribution is 7.80. The number of hydrogen-bond donors (Lipinski definition) is 2. The lowest BCUT2D eigenvalue weighted by Gasteiger charge is -2.28. The second-order valence-electron chi connectivity index (χ2n) is 7.98. The summed E-state index contributed by atoms with van der Waals surface area (Å²) < 4.78 is 16.6. The smallest absolute Gasteiger partial charge is 0.253 e. The van der Waals surface area contributed by atoms with E-state index >= 15 is 0 Å². The molecule has 7 nitrogen and oxygen atoms in total. The van der Waals surface area contributed by atoms with E-state index in [4.69, 9.17) is 26.4 Å². The van der Waals surface area contributed by atoms with Crippen LogP contribution in [0.2, 0.25) is 0 Å². The number of thiocarbonyl (C=S) groups is 1. The van der Waals surface area contributed by atoms with Crippen molar-refractivity contribution >= 4 is 33.9 Å². The Kier molecular flexibility index (Phi) is 7.47. The standard InChI is InChI=1S/C25H29N3O4S/c1-3-31-20-10-7-19(8-11-20)26-25(33)28(16-22-5-4-12-32-22)15-18-13-17-6-9-21(30-2)14-23(17)27-24(18)29/h6-11,13-14,22H,3-5,12,15-16H2,1-2H3,(H,26,33)(H,27,29)/t22-/m0/s1. The van der Waals surface area contributed by atoms with Gasteiger partial charge in [-0.2, -0.15) is 0 Å². The number of pyridine rings is 1. The summed E-state index contributed by atoms with van der Waals surface area (Å²) in [4.78, 5) is 17.8. The van der Waals surface area contributed by atoms with Crippen molar-refractivity contribution in [1.29, 1.82) is 0 Å². The van der Waals surface area contributed by atoms with E-state index in [9.17, 15) is 4.79 Å². The maximum atomic E-state index is 12.9. The van der Waals surface area contributed by atoms with Gasteiger partial charge in [-0.05, 0) is 79.8 Å². The fourth-order valence-corrected chi connectivity index (χ4v) is 4.19. The molecule has 33 heavy (non-hydrogen) atoms. The molecule has 1 aromatic heterocycles. The molecule has 0 amide bonds. The Morgan fingerprint density at radius 1 is 1.21 bits per heavy atom. The van der Waals surface area contributed by atoms with Crippen molar-refractivity contribution in [1.82, 2.24) is 9.88 Å². The maximum Gasteiger partial charge on any atom is 0.253 e. The molecule has 1 atom stereocenters. The minimum Gasteiger partial charge on any atom is -0.497 e. The first-order chi connectivity index (χ1) is 16.1. The van der Waals surface area contributed by atoms with Gasteiger partial charge >= 0.3 is 0 Å². The van der Waals surface area contributed by atoms with E-state index in [1.807, 2.05) is 60.4 Å². The summed E-state index contributed by atoms with van der Waals surface area (Å²) in [6.07, 6.45) is 2.11. The van der Waals surface area contributed by atoms with Crippen molar-refractivity contribution in [3.05, 3.63) is 64.4 Å². The summed E-state index contributed by atoms with van der Waals surface area (Å²) in [5.41, 5.74) is 2.10. The number of H-pyrrole nitrogens is 1. The molecule has 2 aromatic carbocycles. The third kappa shape index (κ3) is 5.83. The Morgan fingerprint density at radius 3 is 2.70 bits per heavy atom. The highest BCUT2D eigenvalue weighted by atomic mass is 32.1. The van der Waals surface area contributed by atoms with E-state index in [0.717, 1.165) is 41.8 Å². The minimum absolute atomic E-state index is 0.0916. The molecule has 0 unspecified atom stereocenters. The monoisotopic (exact) mass is 467 g/mol. The van der Waals surface area contributed by atoms with E-state index in [1.54, 1.807) is 7.11 Å². The highest BCUT2D eigenvalue weighted by Gasteiger charge is 2.22. The van der Waals surface area contributed by atoms with Crippen LogP contribution in [0.5, 0.6) is 11.5 Å². The summed E-state index contributed by atoms with van der Waals surface area (Å²) in [6.45, 7) is 4.32. The molecule has 2 N–H and O–H groups in total. The predicted octanol–water partition coefficient (Wildman–Crippen LogP) is 4.31. The van der Waals surface area contributed by atoms with Crippen LogP contribution in [0.1, 0.15) is 25.3 Å². The number of ether oxygens (including phenoxy) is 3. The Bertz CT molecular complexity index is 1160. The number of fused-ring (bicyclic) bond motifs is 1. The lowest BCUT2D eigenvalue weighted by atomic mass is 10.1. The van der Waals surface area contributed by atoms with E-state index in [2.05, 4.69) is 10.3 Å². The average Bonchev–Trinajstić information content (AvgIpc) is 3.33. The molecule has 0 aliphatic carbocycles. The van der Waals surface area contributed by atoms with Gasteiger partial charge in [-0.15, -0.1) is 0 Å². The first-order valence-electron chi connectivity index (χ1n) is 11.2. The lowest BCUT2D eigenvalue weighted by Crippen LogP contribution is -2.40. The van der Waals surface area contributed by atoms with Crippen molar-refractivity contribution in [2.75, 3.05) is 32.2 Å². The Labute approximate surface area is 198 Å². The van der Waals surface area contributed by atoms with Gasteiger partial charge in [0.25, 0.3) is 5.56 Å². The van der Waals surface area contributed by atoms with Crippen LogP contribution >= 0.6 is 12.2 Å². The number of rotatable bonds is 8. The number of aromatic nitrogens is 1. The van der Waals surface area contributed by atoms with Gasteiger partial charge in [0, 0.05) is 30.5 Å². The predicted molar refractivity (Wildman–Crippen MR) is 134 cm³/mol. The quantitative estimate of drug-likeness (QED) is 0.478. The SMILES string of the molecule is CCOc1ccc(NC(=S)N(Cc2cc3ccc(OC)cc3[nH]c2=O)C[C@@H]2CCCO2)cc1. The number of anilines is 1. The summed E-state index contributed by atoms with van der Waals surface area (Å²) in [6, 6.07) is 15.2. The maximum absolute atomic E-state index is 12.9. The van der Waals surface area contributed by atoms with Crippen molar-refractivity contribution in [3.8, 4) is 11.5 Å². The van der Waals surface area contributed by atoms with E-state index in [1.165, 1.54) is 0 Å². The summed E-state index contributed by atoms with van der Waals surface area (Å²) in [5, 5.41) is 4.78. The zero-order valence-electron chi connectivity index (χ0n) is 18.9. The van der Waals surface area contributed by atoms with Gasteiger partial charge in [-0.1, -0.05) is 0 Å². The lowest BCUT2D eigenvalue weighted by molar-refractivity contribution is 0.0904. The molecule has 0 spiro atoms. The molecular formula is C25H29N3O4S. The number of nitrogens with zero attached hydrogens (tertiary/aromatic N) is 1.